The zero-order chi connectivity index (χ0) is 9.90. The maximum Gasteiger partial charge on any atom is 0.470 e. The SMILES string of the molecule is C[C@@H](OP(=O)(O)O)c1ccccc1. The molecule has 0 spiro atoms. The van der Waals surface area contributed by atoms with Crippen LogP contribution in [0.1, 0.15) is 18.6 Å². The van der Waals surface area contributed by atoms with E-state index in [0.717, 1.165) is 5.56 Å². The van der Waals surface area contributed by atoms with Gasteiger partial charge < -0.3 is 9.79 Å². The summed E-state index contributed by atoms with van der Waals surface area (Å²) in [5.41, 5.74) is 0.742. The summed E-state index contributed by atoms with van der Waals surface area (Å²) in [6.45, 7) is 1.59. The van der Waals surface area contributed by atoms with Crippen molar-refractivity contribution in [1.29, 1.82) is 0 Å². The van der Waals surface area contributed by atoms with Crippen LogP contribution in [0.2, 0.25) is 0 Å². The maximum atomic E-state index is 10.5. The van der Waals surface area contributed by atoms with Gasteiger partial charge in [-0.05, 0) is 12.5 Å². The second kappa shape index (κ2) is 4.03. The van der Waals surface area contributed by atoms with Crippen LogP contribution in [-0.4, -0.2) is 9.79 Å². The van der Waals surface area contributed by atoms with Crippen LogP contribution in [0.5, 0.6) is 0 Å². The predicted octanol–water partition coefficient (Wildman–Crippen LogP) is 1.86. The quantitative estimate of drug-likeness (QED) is 0.734. The van der Waals surface area contributed by atoms with Gasteiger partial charge in [0.25, 0.3) is 0 Å². The molecule has 1 atom stereocenters. The first-order valence-corrected chi connectivity index (χ1v) is 5.31. The number of hydrogen-bond acceptors (Lipinski definition) is 2. The first-order chi connectivity index (χ1) is 5.99. The Morgan fingerprint density at radius 2 is 1.85 bits per heavy atom. The molecule has 0 amide bonds. The van der Waals surface area contributed by atoms with Crippen LogP contribution >= 0.6 is 7.82 Å². The van der Waals surface area contributed by atoms with E-state index < -0.39 is 13.9 Å². The van der Waals surface area contributed by atoms with Crippen molar-refractivity contribution in [3.05, 3.63) is 35.9 Å². The van der Waals surface area contributed by atoms with Gasteiger partial charge in [-0.2, -0.15) is 0 Å². The molecule has 72 valence electrons. The normalized spacial score (nSPS) is 14.1. The molecule has 1 rings (SSSR count). The fourth-order valence-electron chi connectivity index (χ4n) is 0.991. The lowest BCUT2D eigenvalue weighted by Gasteiger charge is -2.13. The van der Waals surface area contributed by atoms with E-state index in [2.05, 4.69) is 4.52 Å². The molecule has 0 radical (unpaired) electrons. The van der Waals surface area contributed by atoms with Gasteiger partial charge >= 0.3 is 7.82 Å². The predicted molar refractivity (Wildman–Crippen MR) is 48.0 cm³/mol. The molecule has 0 saturated heterocycles. The van der Waals surface area contributed by atoms with E-state index >= 15 is 0 Å². The molecule has 2 N–H and O–H groups in total. The summed E-state index contributed by atoms with van der Waals surface area (Å²) in [6.07, 6.45) is -0.595. The van der Waals surface area contributed by atoms with E-state index in [1.54, 1.807) is 31.2 Å². The molecule has 0 unspecified atom stereocenters. The average molecular weight is 202 g/mol. The Morgan fingerprint density at radius 3 is 2.31 bits per heavy atom. The summed E-state index contributed by atoms with van der Waals surface area (Å²) in [4.78, 5) is 17.1. The first kappa shape index (κ1) is 10.4. The summed E-state index contributed by atoms with van der Waals surface area (Å²) < 4.78 is 15.0. The van der Waals surface area contributed by atoms with Crippen molar-refractivity contribution in [2.75, 3.05) is 0 Å². The topological polar surface area (TPSA) is 66.8 Å². The molecule has 0 saturated carbocycles. The number of hydrogen-bond donors (Lipinski definition) is 2. The summed E-state index contributed by atoms with van der Waals surface area (Å²) in [5, 5.41) is 0. The van der Waals surface area contributed by atoms with E-state index in [1.165, 1.54) is 0 Å². The number of phosphoric ester groups is 1. The zero-order valence-corrected chi connectivity index (χ0v) is 8.02. The highest BCUT2D eigenvalue weighted by Crippen LogP contribution is 2.41. The second-order valence-electron chi connectivity index (χ2n) is 2.65. The molecule has 0 bridgehead atoms. The van der Waals surface area contributed by atoms with Gasteiger partial charge in [-0.1, -0.05) is 30.3 Å². The van der Waals surface area contributed by atoms with Crippen LogP contribution in [-0.2, 0) is 9.09 Å². The molecule has 0 aromatic heterocycles. The Balaban J connectivity index is 2.70. The molecule has 0 aliphatic rings. The van der Waals surface area contributed by atoms with Crippen molar-refractivity contribution in [3.8, 4) is 0 Å². The highest BCUT2D eigenvalue weighted by molar-refractivity contribution is 7.46. The van der Waals surface area contributed by atoms with E-state index in [1.807, 2.05) is 6.07 Å². The molecule has 1 aromatic rings. The third-order valence-corrected chi connectivity index (χ3v) is 2.16. The van der Waals surface area contributed by atoms with E-state index in [-0.39, 0.29) is 0 Å². The van der Waals surface area contributed by atoms with Gasteiger partial charge in [0.15, 0.2) is 0 Å². The molecule has 4 nitrogen and oxygen atoms in total. The van der Waals surface area contributed by atoms with Crippen molar-refractivity contribution in [1.82, 2.24) is 0 Å². The molecule has 13 heavy (non-hydrogen) atoms. The summed E-state index contributed by atoms with van der Waals surface area (Å²) >= 11 is 0. The van der Waals surface area contributed by atoms with Crippen molar-refractivity contribution in [3.63, 3.8) is 0 Å². The lowest BCUT2D eigenvalue weighted by molar-refractivity contribution is 0.146. The summed E-state index contributed by atoms with van der Waals surface area (Å²) in [7, 11) is -4.39. The Bertz CT molecular complexity index is 305. The van der Waals surface area contributed by atoms with Crippen molar-refractivity contribution < 1.29 is 18.9 Å². The molecule has 0 fully saturated rings. The maximum absolute atomic E-state index is 10.5. The van der Waals surface area contributed by atoms with Gasteiger partial charge in [0, 0.05) is 0 Å². The van der Waals surface area contributed by atoms with Crippen molar-refractivity contribution >= 4 is 7.82 Å². The minimum absolute atomic E-state index is 0.595. The fraction of sp³-hybridized carbons (Fsp3) is 0.250. The van der Waals surface area contributed by atoms with E-state index in [9.17, 15) is 4.57 Å². The Labute approximate surface area is 76.4 Å². The Hall–Kier alpha value is -0.670. The Morgan fingerprint density at radius 1 is 1.31 bits per heavy atom. The van der Waals surface area contributed by atoms with Crippen LogP contribution in [0.3, 0.4) is 0 Å². The number of rotatable bonds is 3. The second-order valence-corrected chi connectivity index (χ2v) is 3.84. The summed E-state index contributed by atoms with van der Waals surface area (Å²) in [5.74, 6) is 0. The standard InChI is InChI=1S/C8H11O4P/c1-7(12-13(9,10)11)8-5-3-2-4-6-8/h2-7H,1H3,(H2,9,10,11)/t7-/m1/s1. The lowest BCUT2D eigenvalue weighted by atomic mass is 10.1. The minimum Gasteiger partial charge on any atom is -0.303 e. The van der Waals surface area contributed by atoms with Gasteiger partial charge in [-0.15, -0.1) is 0 Å². The van der Waals surface area contributed by atoms with Crippen LogP contribution in [0, 0.1) is 0 Å². The van der Waals surface area contributed by atoms with E-state index in [4.69, 9.17) is 9.79 Å². The first-order valence-electron chi connectivity index (χ1n) is 3.78. The molecule has 5 heteroatoms. The molecular weight excluding hydrogens is 191 g/mol. The highest BCUT2D eigenvalue weighted by atomic mass is 31.2. The number of benzene rings is 1. The van der Waals surface area contributed by atoms with Gasteiger partial charge in [-0.3, -0.25) is 4.52 Å². The van der Waals surface area contributed by atoms with Crippen LogP contribution in [0.4, 0.5) is 0 Å². The molecule has 1 aromatic carbocycles. The van der Waals surface area contributed by atoms with Gasteiger partial charge in [-0.25, -0.2) is 4.57 Å². The van der Waals surface area contributed by atoms with E-state index in [0.29, 0.717) is 0 Å². The molecule has 0 aliphatic carbocycles. The van der Waals surface area contributed by atoms with Crippen LogP contribution < -0.4 is 0 Å². The monoisotopic (exact) mass is 202 g/mol. The summed E-state index contributed by atoms with van der Waals surface area (Å²) in [6, 6.07) is 8.90. The van der Waals surface area contributed by atoms with Crippen molar-refractivity contribution in [2.45, 2.75) is 13.0 Å². The lowest BCUT2D eigenvalue weighted by Crippen LogP contribution is -1.97. The third-order valence-electron chi connectivity index (χ3n) is 1.56. The Kier molecular flexibility index (Phi) is 3.22. The molecule has 0 aliphatic heterocycles. The zero-order valence-electron chi connectivity index (χ0n) is 7.12. The average Bonchev–Trinajstić information content (AvgIpc) is 2.03. The fourth-order valence-corrected chi connectivity index (χ4v) is 1.52. The van der Waals surface area contributed by atoms with Gasteiger partial charge in [0.05, 0.1) is 6.10 Å². The minimum atomic E-state index is -4.39. The largest absolute Gasteiger partial charge is 0.470 e. The number of phosphoric acid groups is 1. The third kappa shape index (κ3) is 3.70. The molecule has 0 heterocycles. The van der Waals surface area contributed by atoms with Gasteiger partial charge in [0.1, 0.15) is 0 Å². The van der Waals surface area contributed by atoms with Crippen LogP contribution in [0.15, 0.2) is 30.3 Å². The highest BCUT2D eigenvalue weighted by Gasteiger charge is 2.19. The van der Waals surface area contributed by atoms with Crippen LogP contribution in [0.25, 0.3) is 0 Å². The van der Waals surface area contributed by atoms with Gasteiger partial charge in [0.2, 0.25) is 0 Å². The van der Waals surface area contributed by atoms with Crippen molar-refractivity contribution in [2.24, 2.45) is 0 Å². The molecular formula is C8H11O4P. The smallest absolute Gasteiger partial charge is 0.303 e.